The van der Waals surface area contributed by atoms with Crippen molar-refractivity contribution in [2.24, 2.45) is 11.8 Å². The first-order chi connectivity index (χ1) is 16.0. The number of H-pyrrole nitrogens is 1. The van der Waals surface area contributed by atoms with Crippen molar-refractivity contribution in [1.82, 2.24) is 19.9 Å². The molecule has 0 bridgehead atoms. The molecule has 0 spiro atoms. The average molecular weight is 441 g/mol. The molecule has 0 saturated heterocycles. The van der Waals surface area contributed by atoms with Crippen molar-refractivity contribution in [3.8, 4) is 17.2 Å². The predicted molar refractivity (Wildman–Crippen MR) is 121 cm³/mol. The number of aromatic amines is 1. The second kappa shape index (κ2) is 7.98. The third kappa shape index (κ3) is 3.55. The molecular weight excluding hydrogens is 421 g/mol. The van der Waals surface area contributed by atoms with Crippen LogP contribution in [0.4, 0.5) is 15.9 Å². The maximum atomic E-state index is 15.0. The molecular formula is C24H20FN7O. The molecule has 0 radical (unpaired) electrons. The van der Waals surface area contributed by atoms with E-state index in [0.717, 1.165) is 11.3 Å². The highest BCUT2D eigenvalue weighted by Gasteiger charge is 2.56. The van der Waals surface area contributed by atoms with Gasteiger partial charge in [0, 0.05) is 53.6 Å². The maximum Gasteiger partial charge on any atom is 0.229 e. The fourth-order valence-corrected chi connectivity index (χ4v) is 4.47. The third-order valence-corrected chi connectivity index (χ3v) is 6.24. The third-order valence-electron chi connectivity index (χ3n) is 6.24. The van der Waals surface area contributed by atoms with Crippen LogP contribution in [0.1, 0.15) is 23.6 Å². The van der Waals surface area contributed by atoms with Crippen LogP contribution in [0.2, 0.25) is 0 Å². The zero-order valence-corrected chi connectivity index (χ0v) is 17.7. The number of halogens is 1. The number of aromatic nitrogens is 4. The standard InChI is InChI=1S/C24H20FN7O/c1-12-3-5-28-8-16(12)15-6-13-7-19(30-9-17(13)23(27)22(15)25)32-24(33)21-14(2-4-26)20(21)18-10-29-11-31-18/h3,5-11,14,20-21H,2,27H2,1H3,(H,29,31)(H,30,32,33). The van der Waals surface area contributed by atoms with E-state index >= 15 is 4.39 Å². The van der Waals surface area contributed by atoms with Crippen LogP contribution in [0.15, 0.2) is 49.3 Å². The van der Waals surface area contributed by atoms with Crippen LogP contribution in [0, 0.1) is 35.9 Å². The van der Waals surface area contributed by atoms with Gasteiger partial charge in [0.1, 0.15) is 5.82 Å². The van der Waals surface area contributed by atoms with Crippen LogP contribution in [-0.4, -0.2) is 25.8 Å². The van der Waals surface area contributed by atoms with Gasteiger partial charge >= 0.3 is 0 Å². The number of fused-ring (bicyclic) bond motifs is 1. The number of rotatable bonds is 5. The van der Waals surface area contributed by atoms with Crippen molar-refractivity contribution in [1.29, 1.82) is 5.26 Å². The number of nitrogens with two attached hydrogens (primary N) is 1. The van der Waals surface area contributed by atoms with E-state index in [1.54, 1.807) is 43.1 Å². The Morgan fingerprint density at radius 2 is 2.15 bits per heavy atom. The number of benzene rings is 1. The molecule has 9 heteroatoms. The molecule has 1 aromatic carbocycles. The van der Waals surface area contributed by atoms with Gasteiger partial charge in [-0.15, -0.1) is 0 Å². The molecule has 1 saturated carbocycles. The lowest BCUT2D eigenvalue weighted by Gasteiger charge is -2.12. The number of hydrogen-bond acceptors (Lipinski definition) is 6. The van der Waals surface area contributed by atoms with Gasteiger partial charge in [0.05, 0.1) is 29.7 Å². The maximum absolute atomic E-state index is 15.0. The Bertz CT molecular complexity index is 1410. The number of carbonyl (C=O) groups excluding carboxylic acids is 1. The summed E-state index contributed by atoms with van der Waals surface area (Å²) in [6.45, 7) is 1.87. The van der Waals surface area contributed by atoms with E-state index < -0.39 is 5.82 Å². The first-order valence-electron chi connectivity index (χ1n) is 10.4. The van der Waals surface area contributed by atoms with E-state index in [9.17, 15) is 4.79 Å². The van der Waals surface area contributed by atoms with Gasteiger partial charge in [-0.2, -0.15) is 5.26 Å². The summed E-state index contributed by atoms with van der Waals surface area (Å²) in [5.41, 5.74) is 8.68. The molecule has 33 heavy (non-hydrogen) atoms. The molecule has 4 N–H and O–H groups in total. The van der Waals surface area contributed by atoms with Crippen molar-refractivity contribution in [3.05, 3.63) is 66.4 Å². The van der Waals surface area contributed by atoms with Crippen molar-refractivity contribution in [3.63, 3.8) is 0 Å². The summed E-state index contributed by atoms with van der Waals surface area (Å²) in [5.74, 6) is -0.997. The van der Waals surface area contributed by atoms with E-state index in [-0.39, 0.29) is 35.8 Å². The van der Waals surface area contributed by atoms with Crippen molar-refractivity contribution in [2.45, 2.75) is 19.3 Å². The fraction of sp³-hybridized carbons (Fsp3) is 0.208. The Kier molecular flexibility index (Phi) is 4.98. The molecule has 5 rings (SSSR count). The van der Waals surface area contributed by atoms with Gasteiger partial charge in [-0.25, -0.2) is 14.4 Å². The molecule has 164 valence electrons. The first-order valence-corrected chi connectivity index (χ1v) is 10.4. The summed E-state index contributed by atoms with van der Waals surface area (Å²) in [5, 5.41) is 13.1. The van der Waals surface area contributed by atoms with Crippen LogP contribution in [-0.2, 0) is 4.79 Å². The number of nitrogen functional groups attached to an aromatic ring is 1. The smallest absolute Gasteiger partial charge is 0.229 e. The number of imidazole rings is 1. The normalized spacial score (nSPS) is 19.2. The Balaban J connectivity index is 1.46. The number of hydrogen-bond donors (Lipinski definition) is 3. The van der Waals surface area contributed by atoms with E-state index in [1.165, 1.54) is 6.20 Å². The number of pyridine rings is 2. The van der Waals surface area contributed by atoms with E-state index in [2.05, 4.69) is 31.3 Å². The lowest BCUT2D eigenvalue weighted by atomic mass is 9.98. The number of nitrogens with zero attached hydrogens (tertiary/aromatic N) is 4. The fourth-order valence-electron chi connectivity index (χ4n) is 4.47. The SMILES string of the molecule is Cc1ccncc1-c1cc2cc(NC(=O)C3C(CC#N)C3c3c[nH]cn3)ncc2c(N)c1F. The summed E-state index contributed by atoms with van der Waals surface area (Å²) < 4.78 is 15.0. The molecule has 3 atom stereocenters. The summed E-state index contributed by atoms with van der Waals surface area (Å²) in [6.07, 6.45) is 8.27. The molecule has 4 aromatic rings. The summed E-state index contributed by atoms with van der Waals surface area (Å²) in [7, 11) is 0. The number of amides is 1. The minimum atomic E-state index is -0.531. The van der Waals surface area contributed by atoms with Gasteiger partial charge in [0.15, 0.2) is 5.82 Å². The van der Waals surface area contributed by atoms with Gasteiger partial charge in [0.25, 0.3) is 0 Å². The van der Waals surface area contributed by atoms with Crippen molar-refractivity contribution >= 4 is 28.2 Å². The Morgan fingerprint density at radius 3 is 2.88 bits per heavy atom. The molecule has 3 unspecified atom stereocenters. The molecule has 8 nitrogen and oxygen atoms in total. The van der Waals surface area contributed by atoms with Crippen LogP contribution >= 0.6 is 0 Å². The molecule has 1 aliphatic carbocycles. The number of nitriles is 1. The van der Waals surface area contributed by atoms with Crippen molar-refractivity contribution in [2.75, 3.05) is 11.1 Å². The Morgan fingerprint density at radius 1 is 1.30 bits per heavy atom. The Labute approximate surface area is 188 Å². The quantitative estimate of drug-likeness (QED) is 0.402. The second-order valence-corrected chi connectivity index (χ2v) is 8.19. The molecule has 0 aliphatic heterocycles. The van der Waals surface area contributed by atoms with Gasteiger partial charge in [-0.3, -0.25) is 9.78 Å². The van der Waals surface area contributed by atoms with Crippen LogP contribution in [0.25, 0.3) is 21.9 Å². The summed E-state index contributed by atoms with van der Waals surface area (Å²) in [6, 6.07) is 7.30. The minimum Gasteiger partial charge on any atom is -0.396 e. The highest BCUT2D eigenvalue weighted by atomic mass is 19.1. The monoisotopic (exact) mass is 441 g/mol. The minimum absolute atomic E-state index is 0.00833. The van der Waals surface area contributed by atoms with Gasteiger partial charge in [-0.05, 0) is 42.0 Å². The molecule has 3 aromatic heterocycles. The lowest BCUT2D eigenvalue weighted by Crippen LogP contribution is -2.16. The number of anilines is 2. The number of aryl methyl sites for hydroxylation is 1. The summed E-state index contributed by atoms with van der Waals surface area (Å²) in [4.78, 5) is 28.5. The van der Waals surface area contributed by atoms with Gasteiger partial charge in [0.2, 0.25) is 5.91 Å². The second-order valence-electron chi connectivity index (χ2n) is 8.19. The number of nitrogens with one attached hydrogen (secondary N) is 2. The van der Waals surface area contributed by atoms with E-state index in [0.29, 0.717) is 27.7 Å². The van der Waals surface area contributed by atoms with Crippen molar-refractivity contribution < 1.29 is 9.18 Å². The molecule has 1 fully saturated rings. The van der Waals surface area contributed by atoms with Crippen LogP contribution < -0.4 is 11.1 Å². The lowest BCUT2D eigenvalue weighted by molar-refractivity contribution is -0.117. The van der Waals surface area contributed by atoms with E-state index in [1.807, 2.05) is 6.92 Å². The highest BCUT2D eigenvalue weighted by molar-refractivity contribution is 6.00. The van der Waals surface area contributed by atoms with Gasteiger partial charge < -0.3 is 16.0 Å². The average Bonchev–Trinajstić information content (AvgIpc) is 3.25. The zero-order chi connectivity index (χ0) is 23.1. The highest BCUT2D eigenvalue weighted by Crippen LogP contribution is 2.55. The largest absolute Gasteiger partial charge is 0.396 e. The predicted octanol–water partition coefficient (Wildman–Crippen LogP) is 3.93. The summed E-state index contributed by atoms with van der Waals surface area (Å²) >= 11 is 0. The van der Waals surface area contributed by atoms with Crippen LogP contribution in [0.3, 0.4) is 0 Å². The topological polar surface area (TPSA) is 133 Å². The number of carbonyl (C=O) groups is 1. The molecule has 3 heterocycles. The molecule has 1 amide bonds. The molecule has 1 aliphatic rings. The van der Waals surface area contributed by atoms with Gasteiger partial charge in [-0.1, -0.05) is 0 Å². The van der Waals surface area contributed by atoms with E-state index in [4.69, 9.17) is 11.0 Å². The Hall–Kier alpha value is -4.32. The first kappa shape index (κ1) is 20.6. The zero-order valence-electron chi connectivity index (χ0n) is 17.7. The van der Waals surface area contributed by atoms with Crippen LogP contribution in [0.5, 0.6) is 0 Å².